The van der Waals surface area contributed by atoms with Gasteiger partial charge in [0.1, 0.15) is 11.2 Å². The predicted molar refractivity (Wildman–Crippen MR) is 114 cm³/mol. The monoisotopic (exact) mass is 463 g/mol. The standard InChI is InChI=1S/C20H16F3N5OS2/c21-20(22,23)12-6-2-3-7-13(12)25-15(29)9-30-19-27-26-17-16-11-5-1-4-8-14(11)31-18(16)24-10-28(17)19/h2-3,6-7,10H,1,4-5,8-9H2,(H,25,29). The van der Waals surface area contributed by atoms with E-state index in [2.05, 4.69) is 20.5 Å². The number of amides is 1. The number of carbonyl (C=O) groups excluding carboxylic acids is 1. The summed E-state index contributed by atoms with van der Waals surface area (Å²) in [5, 5.41) is 12.3. The van der Waals surface area contributed by atoms with Gasteiger partial charge in [0.2, 0.25) is 5.91 Å². The van der Waals surface area contributed by atoms with Gasteiger partial charge < -0.3 is 5.32 Å². The Balaban J connectivity index is 1.37. The van der Waals surface area contributed by atoms with Crippen molar-refractivity contribution in [2.24, 2.45) is 0 Å². The molecule has 3 aromatic heterocycles. The second-order valence-electron chi connectivity index (χ2n) is 7.19. The van der Waals surface area contributed by atoms with Crippen molar-refractivity contribution in [2.45, 2.75) is 37.0 Å². The van der Waals surface area contributed by atoms with Crippen LogP contribution in [0.2, 0.25) is 0 Å². The lowest BCUT2D eigenvalue weighted by Gasteiger charge is -2.13. The third-order valence-corrected chi connectivity index (χ3v) is 7.31. The van der Waals surface area contributed by atoms with Gasteiger partial charge in [-0.05, 0) is 43.4 Å². The van der Waals surface area contributed by atoms with E-state index in [4.69, 9.17) is 0 Å². The molecule has 1 N–H and O–H groups in total. The van der Waals surface area contributed by atoms with Crippen molar-refractivity contribution >= 4 is 50.6 Å². The first-order chi connectivity index (χ1) is 14.9. The number of rotatable bonds is 4. The van der Waals surface area contributed by atoms with Gasteiger partial charge in [-0.1, -0.05) is 23.9 Å². The van der Waals surface area contributed by atoms with E-state index in [9.17, 15) is 18.0 Å². The number of benzene rings is 1. The van der Waals surface area contributed by atoms with Crippen molar-refractivity contribution < 1.29 is 18.0 Å². The van der Waals surface area contributed by atoms with Gasteiger partial charge in [0.05, 0.1) is 22.4 Å². The zero-order chi connectivity index (χ0) is 21.6. The molecule has 31 heavy (non-hydrogen) atoms. The Hall–Kier alpha value is -2.66. The Labute approximate surface area is 182 Å². The van der Waals surface area contributed by atoms with Gasteiger partial charge in [0.15, 0.2) is 10.8 Å². The third-order valence-electron chi connectivity index (χ3n) is 5.17. The number of para-hydroxylation sites is 1. The van der Waals surface area contributed by atoms with Crippen LogP contribution in [0.4, 0.5) is 18.9 Å². The van der Waals surface area contributed by atoms with E-state index in [0.717, 1.165) is 47.3 Å². The Morgan fingerprint density at radius 1 is 1.19 bits per heavy atom. The van der Waals surface area contributed by atoms with E-state index in [1.807, 2.05) is 0 Å². The minimum Gasteiger partial charge on any atom is -0.325 e. The third kappa shape index (κ3) is 3.76. The summed E-state index contributed by atoms with van der Waals surface area (Å²) in [6.07, 6.45) is 1.45. The summed E-state index contributed by atoms with van der Waals surface area (Å²) in [7, 11) is 0. The quantitative estimate of drug-likeness (QED) is 0.433. The minimum absolute atomic E-state index is 0.104. The predicted octanol–water partition coefficient (Wildman–Crippen LogP) is 4.97. The van der Waals surface area contributed by atoms with E-state index >= 15 is 0 Å². The number of hydrogen-bond acceptors (Lipinski definition) is 6. The lowest BCUT2D eigenvalue weighted by atomic mass is 9.97. The Kier molecular flexibility index (Phi) is 5.09. The number of alkyl halides is 3. The van der Waals surface area contributed by atoms with Crippen molar-refractivity contribution in [3.63, 3.8) is 0 Å². The molecule has 0 bridgehead atoms. The molecule has 160 valence electrons. The van der Waals surface area contributed by atoms with Crippen molar-refractivity contribution in [1.29, 1.82) is 0 Å². The zero-order valence-electron chi connectivity index (χ0n) is 16.1. The Morgan fingerprint density at radius 3 is 2.84 bits per heavy atom. The van der Waals surface area contributed by atoms with E-state index in [-0.39, 0.29) is 11.4 Å². The van der Waals surface area contributed by atoms with Gasteiger partial charge in [-0.3, -0.25) is 9.20 Å². The number of aromatic nitrogens is 4. The number of thiophene rings is 1. The molecule has 0 saturated heterocycles. The van der Waals surface area contributed by atoms with Crippen molar-refractivity contribution in [3.05, 3.63) is 46.6 Å². The average Bonchev–Trinajstić information content (AvgIpc) is 3.32. The highest BCUT2D eigenvalue weighted by Crippen LogP contribution is 2.38. The molecule has 5 rings (SSSR count). The van der Waals surface area contributed by atoms with Gasteiger partial charge in [0, 0.05) is 4.88 Å². The maximum absolute atomic E-state index is 13.1. The van der Waals surface area contributed by atoms with Crippen LogP contribution in [-0.2, 0) is 23.8 Å². The van der Waals surface area contributed by atoms with Crippen LogP contribution in [0.25, 0.3) is 15.9 Å². The lowest BCUT2D eigenvalue weighted by Crippen LogP contribution is -2.18. The number of nitrogens with zero attached hydrogens (tertiary/aromatic N) is 4. The van der Waals surface area contributed by atoms with E-state index < -0.39 is 17.6 Å². The molecule has 6 nitrogen and oxygen atoms in total. The SMILES string of the molecule is O=C(CSc1nnc2c3c4c(sc3ncn12)CCCC4)Nc1ccccc1C(F)(F)F. The fraction of sp³-hybridized carbons (Fsp3) is 0.300. The highest BCUT2D eigenvalue weighted by Gasteiger charge is 2.33. The molecule has 0 fully saturated rings. The second kappa shape index (κ2) is 7.79. The molecule has 0 spiro atoms. The summed E-state index contributed by atoms with van der Waals surface area (Å²) in [6.45, 7) is 0. The van der Waals surface area contributed by atoms with Crippen LogP contribution < -0.4 is 5.32 Å². The fourth-order valence-corrected chi connectivity index (χ4v) is 5.72. The van der Waals surface area contributed by atoms with Gasteiger partial charge >= 0.3 is 6.18 Å². The van der Waals surface area contributed by atoms with Gasteiger partial charge in [-0.2, -0.15) is 13.2 Å². The van der Waals surface area contributed by atoms with Crippen molar-refractivity contribution in [2.75, 3.05) is 11.1 Å². The summed E-state index contributed by atoms with van der Waals surface area (Å²) >= 11 is 2.80. The van der Waals surface area contributed by atoms with E-state index in [1.165, 1.54) is 35.1 Å². The van der Waals surface area contributed by atoms with Crippen molar-refractivity contribution in [1.82, 2.24) is 19.6 Å². The first-order valence-corrected chi connectivity index (χ1v) is 11.4. The molecular formula is C20H16F3N5OS2. The highest BCUT2D eigenvalue weighted by atomic mass is 32.2. The van der Waals surface area contributed by atoms with E-state index in [0.29, 0.717) is 10.8 Å². The molecule has 0 unspecified atom stereocenters. The van der Waals surface area contributed by atoms with Gasteiger partial charge in [-0.15, -0.1) is 21.5 Å². The number of halogens is 3. The number of hydrogen-bond donors (Lipinski definition) is 1. The van der Waals surface area contributed by atoms with Crippen LogP contribution in [-0.4, -0.2) is 31.2 Å². The molecule has 3 heterocycles. The summed E-state index contributed by atoms with van der Waals surface area (Å²) in [5.74, 6) is -0.660. The molecule has 11 heteroatoms. The molecule has 0 atom stereocenters. The second-order valence-corrected chi connectivity index (χ2v) is 9.22. The van der Waals surface area contributed by atoms with E-state index in [1.54, 1.807) is 22.1 Å². The average molecular weight is 464 g/mol. The fourth-order valence-electron chi connectivity index (χ4n) is 3.79. The Bertz CT molecular complexity index is 1300. The van der Waals surface area contributed by atoms with Crippen LogP contribution in [0, 0.1) is 0 Å². The molecule has 1 aliphatic rings. The highest BCUT2D eigenvalue weighted by molar-refractivity contribution is 7.99. The first-order valence-electron chi connectivity index (χ1n) is 9.64. The zero-order valence-corrected chi connectivity index (χ0v) is 17.7. The largest absolute Gasteiger partial charge is 0.418 e. The van der Waals surface area contributed by atoms with Crippen molar-refractivity contribution in [3.8, 4) is 0 Å². The number of carbonyl (C=O) groups is 1. The first kappa shape index (κ1) is 20.3. The molecule has 1 aliphatic carbocycles. The normalized spacial score (nSPS) is 14.2. The molecule has 0 aliphatic heterocycles. The number of fused-ring (bicyclic) bond motifs is 5. The maximum Gasteiger partial charge on any atom is 0.418 e. The smallest absolute Gasteiger partial charge is 0.325 e. The van der Waals surface area contributed by atoms with Crippen LogP contribution in [0.3, 0.4) is 0 Å². The minimum atomic E-state index is -4.54. The maximum atomic E-state index is 13.1. The molecular weight excluding hydrogens is 447 g/mol. The van der Waals surface area contributed by atoms with Gasteiger partial charge in [-0.25, -0.2) is 4.98 Å². The number of anilines is 1. The molecule has 4 aromatic rings. The summed E-state index contributed by atoms with van der Waals surface area (Å²) in [5.41, 5.74) is 0.847. The topological polar surface area (TPSA) is 72.2 Å². The van der Waals surface area contributed by atoms with Crippen LogP contribution >= 0.6 is 23.1 Å². The van der Waals surface area contributed by atoms with Crippen LogP contribution in [0.1, 0.15) is 28.8 Å². The summed E-state index contributed by atoms with van der Waals surface area (Å²) in [6, 6.07) is 4.90. The molecule has 1 amide bonds. The number of aryl methyl sites for hydroxylation is 2. The van der Waals surface area contributed by atoms with Crippen LogP contribution in [0.15, 0.2) is 35.7 Å². The lowest BCUT2D eigenvalue weighted by molar-refractivity contribution is -0.137. The molecule has 0 saturated carbocycles. The summed E-state index contributed by atoms with van der Waals surface area (Å²) < 4.78 is 41.1. The summed E-state index contributed by atoms with van der Waals surface area (Å²) in [4.78, 5) is 19.1. The van der Waals surface area contributed by atoms with Gasteiger partial charge in [0.25, 0.3) is 0 Å². The number of thioether (sulfide) groups is 1. The molecule has 0 radical (unpaired) electrons. The van der Waals surface area contributed by atoms with Crippen LogP contribution in [0.5, 0.6) is 0 Å². The molecule has 1 aromatic carbocycles. The number of nitrogens with one attached hydrogen (secondary N) is 1. The Morgan fingerprint density at radius 2 is 2.00 bits per heavy atom.